The highest BCUT2D eigenvalue weighted by molar-refractivity contribution is 5.82. The number of amides is 1. The van der Waals surface area contributed by atoms with Crippen LogP contribution < -0.4 is 11.1 Å². The van der Waals surface area contributed by atoms with Gasteiger partial charge in [0.25, 0.3) is 0 Å². The lowest BCUT2D eigenvalue weighted by Crippen LogP contribution is -2.31. The van der Waals surface area contributed by atoms with E-state index in [1.54, 1.807) is 0 Å². The Hall–Kier alpha value is -1.49. The lowest BCUT2D eigenvalue weighted by atomic mass is 10.1. The van der Waals surface area contributed by atoms with Gasteiger partial charge in [-0.25, -0.2) is 8.78 Å². The Morgan fingerprint density at radius 2 is 2.07 bits per heavy atom. The third-order valence-corrected chi connectivity index (χ3v) is 1.83. The van der Waals surface area contributed by atoms with E-state index in [0.29, 0.717) is 0 Å². The fourth-order valence-electron chi connectivity index (χ4n) is 1.01. The molecule has 1 aromatic carbocycles. The first-order valence-electron chi connectivity index (χ1n) is 3.98. The van der Waals surface area contributed by atoms with Crippen LogP contribution in [-0.2, 0) is 4.79 Å². The van der Waals surface area contributed by atoms with Crippen molar-refractivity contribution in [1.82, 2.24) is 5.32 Å². The van der Waals surface area contributed by atoms with E-state index in [2.05, 4.69) is 5.32 Å². The molecular weight excluding hydrogens is 190 g/mol. The van der Waals surface area contributed by atoms with Crippen molar-refractivity contribution < 1.29 is 13.6 Å². The highest BCUT2D eigenvalue weighted by Crippen LogP contribution is 2.14. The van der Waals surface area contributed by atoms with Gasteiger partial charge in [0, 0.05) is 7.05 Å². The zero-order valence-electron chi connectivity index (χ0n) is 7.55. The summed E-state index contributed by atoms with van der Waals surface area (Å²) in [5, 5.41) is 2.32. The molecule has 0 heterocycles. The van der Waals surface area contributed by atoms with Gasteiger partial charge in [0.15, 0.2) is 11.6 Å². The summed E-state index contributed by atoms with van der Waals surface area (Å²) in [6.07, 6.45) is 0. The van der Waals surface area contributed by atoms with Crippen LogP contribution in [0.2, 0.25) is 0 Å². The Bertz CT molecular complexity index is 355. The van der Waals surface area contributed by atoms with Crippen molar-refractivity contribution in [1.29, 1.82) is 0 Å². The van der Waals surface area contributed by atoms with E-state index >= 15 is 0 Å². The Morgan fingerprint density at radius 1 is 1.43 bits per heavy atom. The molecule has 1 aromatic rings. The molecule has 3 N–H and O–H groups in total. The van der Waals surface area contributed by atoms with Crippen molar-refractivity contribution in [2.45, 2.75) is 6.04 Å². The zero-order valence-corrected chi connectivity index (χ0v) is 7.55. The van der Waals surface area contributed by atoms with Gasteiger partial charge in [0.2, 0.25) is 5.91 Å². The molecule has 3 nitrogen and oxygen atoms in total. The van der Waals surface area contributed by atoms with Crippen molar-refractivity contribution in [3.8, 4) is 0 Å². The first-order chi connectivity index (χ1) is 6.56. The number of benzene rings is 1. The van der Waals surface area contributed by atoms with E-state index in [1.165, 1.54) is 13.1 Å². The molecule has 0 saturated heterocycles. The number of nitrogens with one attached hydrogen (secondary N) is 1. The zero-order chi connectivity index (χ0) is 10.7. The van der Waals surface area contributed by atoms with Crippen LogP contribution in [0.4, 0.5) is 8.78 Å². The maximum Gasteiger partial charge on any atom is 0.241 e. The number of likely N-dealkylation sites (N-methyl/N-ethyl adjacent to an activating group) is 1. The Kier molecular flexibility index (Phi) is 3.14. The first-order valence-corrected chi connectivity index (χ1v) is 3.98. The molecule has 0 aliphatic rings. The third-order valence-electron chi connectivity index (χ3n) is 1.83. The summed E-state index contributed by atoms with van der Waals surface area (Å²) < 4.78 is 25.3. The molecule has 1 atom stereocenters. The molecule has 0 spiro atoms. The van der Waals surface area contributed by atoms with Crippen LogP contribution in [-0.4, -0.2) is 13.0 Å². The quantitative estimate of drug-likeness (QED) is 0.738. The van der Waals surface area contributed by atoms with E-state index in [4.69, 9.17) is 5.73 Å². The normalized spacial score (nSPS) is 12.3. The van der Waals surface area contributed by atoms with Crippen LogP contribution in [0.3, 0.4) is 0 Å². The fraction of sp³-hybridized carbons (Fsp3) is 0.222. The molecule has 0 aromatic heterocycles. The molecule has 0 fully saturated rings. The minimum Gasteiger partial charge on any atom is -0.358 e. The predicted octanol–water partition coefficient (Wildman–Crippen LogP) is 0.711. The Labute approximate surface area is 79.9 Å². The van der Waals surface area contributed by atoms with Crippen molar-refractivity contribution >= 4 is 5.91 Å². The molecule has 1 rings (SSSR count). The molecule has 0 radical (unpaired) electrons. The fourth-order valence-corrected chi connectivity index (χ4v) is 1.01. The smallest absolute Gasteiger partial charge is 0.241 e. The van der Waals surface area contributed by atoms with Gasteiger partial charge in [0.1, 0.15) is 6.04 Å². The Balaban J connectivity index is 2.96. The summed E-state index contributed by atoms with van der Waals surface area (Å²) in [5.41, 5.74) is 5.71. The largest absolute Gasteiger partial charge is 0.358 e. The number of hydrogen-bond donors (Lipinski definition) is 2. The summed E-state index contributed by atoms with van der Waals surface area (Å²) in [4.78, 5) is 11.1. The molecule has 1 amide bonds. The molecule has 0 bridgehead atoms. The van der Waals surface area contributed by atoms with Crippen LogP contribution in [0.5, 0.6) is 0 Å². The molecular formula is C9H10F2N2O. The third kappa shape index (κ3) is 2.05. The van der Waals surface area contributed by atoms with E-state index < -0.39 is 23.6 Å². The lowest BCUT2D eigenvalue weighted by Gasteiger charge is -2.10. The van der Waals surface area contributed by atoms with Crippen molar-refractivity contribution in [2.75, 3.05) is 7.05 Å². The summed E-state index contributed by atoms with van der Waals surface area (Å²) in [6.45, 7) is 0. The molecule has 5 heteroatoms. The van der Waals surface area contributed by atoms with Crippen LogP contribution >= 0.6 is 0 Å². The minimum absolute atomic E-state index is 0.239. The van der Waals surface area contributed by atoms with E-state index in [-0.39, 0.29) is 5.56 Å². The second-order valence-electron chi connectivity index (χ2n) is 2.77. The average Bonchev–Trinajstić information content (AvgIpc) is 2.20. The molecule has 0 aliphatic carbocycles. The molecule has 76 valence electrons. The number of carbonyl (C=O) groups excluding carboxylic acids is 1. The van der Waals surface area contributed by atoms with Gasteiger partial charge in [0.05, 0.1) is 0 Å². The van der Waals surface area contributed by atoms with Gasteiger partial charge in [-0.1, -0.05) is 6.07 Å². The molecule has 0 aliphatic heterocycles. The average molecular weight is 200 g/mol. The standard InChI is InChI=1S/C9H10F2N2O/c1-13-9(14)8(12)5-2-3-6(10)7(11)4-5/h2-4,8H,12H2,1H3,(H,13,14)/t8-/m1/s1. The monoisotopic (exact) mass is 200 g/mol. The maximum atomic E-state index is 12.7. The van der Waals surface area contributed by atoms with Gasteiger partial charge in [-0.3, -0.25) is 4.79 Å². The number of nitrogens with two attached hydrogens (primary N) is 1. The van der Waals surface area contributed by atoms with E-state index in [1.807, 2.05) is 0 Å². The van der Waals surface area contributed by atoms with Crippen molar-refractivity contribution in [3.63, 3.8) is 0 Å². The maximum absolute atomic E-state index is 12.7. The second kappa shape index (κ2) is 4.15. The van der Waals surface area contributed by atoms with E-state index in [0.717, 1.165) is 12.1 Å². The van der Waals surface area contributed by atoms with Crippen molar-refractivity contribution in [2.24, 2.45) is 5.73 Å². The van der Waals surface area contributed by atoms with Crippen LogP contribution in [0.15, 0.2) is 18.2 Å². The predicted molar refractivity (Wildman–Crippen MR) is 47.4 cm³/mol. The summed E-state index contributed by atoms with van der Waals surface area (Å²) >= 11 is 0. The summed E-state index contributed by atoms with van der Waals surface area (Å²) in [7, 11) is 1.42. The summed E-state index contributed by atoms with van der Waals surface area (Å²) in [5.74, 6) is -2.42. The minimum atomic E-state index is -1.01. The topological polar surface area (TPSA) is 55.1 Å². The highest BCUT2D eigenvalue weighted by atomic mass is 19.2. The number of halogens is 2. The summed E-state index contributed by atoms with van der Waals surface area (Å²) in [6, 6.07) is 2.15. The van der Waals surface area contributed by atoms with Gasteiger partial charge in [-0.15, -0.1) is 0 Å². The number of hydrogen-bond acceptors (Lipinski definition) is 2. The van der Waals surface area contributed by atoms with Crippen molar-refractivity contribution in [3.05, 3.63) is 35.4 Å². The van der Waals surface area contributed by atoms with E-state index in [9.17, 15) is 13.6 Å². The lowest BCUT2D eigenvalue weighted by molar-refractivity contribution is -0.121. The van der Waals surface area contributed by atoms with Gasteiger partial charge in [-0.2, -0.15) is 0 Å². The van der Waals surface area contributed by atoms with Gasteiger partial charge >= 0.3 is 0 Å². The van der Waals surface area contributed by atoms with Gasteiger partial charge in [-0.05, 0) is 17.7 Å². The van der Waals surface area contributed by atoms with Crippen LogP contribution in [0.25, 0.3) is 0 Å². The molecule has 0 saturated carbocycles. The second-order valence-corrected chi connectivity index (χ2v) is 2.77. The van der Waals surface area contributed by atoms with Gasteiger partial charge < -0.3 is 11.1 Å². The first kappa shape index (κ1) is 10.6. The molecule has 14 heavy (non-hydrogen) atoms. The Morgan fingerprint density at radius 3 is 2.57 bits per heavy atom. The van der Waals surface area contributed by atoms with Crippen LogP contribution in [0.1, 0.15) is 11.6 Å². The number of carbonyl (C=O) groups is 1. The molecule has 0 unspecified atom stereocenters. The van der Waals surface area contributed by atoms with Crippen LogP contribution in [0, 0.1) is 11.6 Å². The number of rotatable bonds is 2. The highest BCUT2D eigenvalue weighted by Gasteiger charge is 2.15. The SMILES string of the molecule is CNC(=O)[C@H](N)c1ccc(F)c(F)c1.